The van der Waals surface area contributed by atoms with E-state index < -0.39 is 12.0 Å². The van der Waals surface area contributed by atoms with Crippen LogP contribution in [0.25, 0.3) is 0 Å². The van der Waals surface area contributed by atoms with Gasteiger partial charge in [0.2, 0.25) is 5.16 Å². The summed E-state index contributed by atoms with van der Waals surface area (Å²) in [6, 6.07) is 18.7. The maximum absolute atomic E-state index is 13.2. The molecule has 0 aliphatic carbocycles. The van der Waals surface area contributed by atoms with Crippen LogP contribution >= 0.6 is 11.8 Å². The smallest absolute Gasteiger partial charge is 0.453 e. The first kappa shape index (κ1) is 18.5. The number of aromatic nitrogens is 3. The van der Waals surface area contributed by atoms with Gasteiger partial charge in [0.05, 0.1) is 11.0 Å². The fraction of sp³-hybridized carbons (Fsp3) is 0.118. The molecule has 0 bridgehead atoms. The number of hydrogen-bond donors (Lipinski definition) is 0. The molecule has 3 aromatic rings. The van der Waals surface area contributed by atoms with E-state index in [1.54, 1.807) is 0 Å². The Kier molecular flexibility index (Phi) is 5.06. The second kappa shape index (κ2) is 7.13. The Hall–Kier alpha value is -2.32. The van der Waals surface area contributed by atoms with Crippen molar-refractivity contribution in [3.05, 3.63) is 77.6 Å². The molecule has 0 radical (unpaired) electrons. The molecular weight excluding hydrogens is 385 g/mol. The Morgan fingerprint density at radius 3 is 2.12 bits per heavy atom. The van der Waals surface area contributed by atoms with E-state index in [2.05, 4.69) is 15.3 Å². The molecule has 0 fully saturated rings. The van der Waals surface area contributed by atoms with Crippen LogP contribution in [0.5, 0.6) is 0 Å². The van der Waals surface area contributed by atoms with Gasteiger partial charge in [-0.3, -0.25) is 0 Å². The van der Waals surface area contributed by atoms with Crippen LogP contribution in [0.15, 0.2) is 70.9 Å². The molecule has 2 aromatic carbocycles. The minimum Gasteiger partial charge on any atom is -1.00 e. The summed E-state index contributed by atoms with van der Waals surface area (Å²) < 4.78 is 40.3. The largest absolute Gasteiger partial charge is 1.00 e. The SMILES string of the molecule is FC(F)(F)c1nnc2n1N=C(c1ccccc1)C(c1ccccc1)S2.[Cl-]. The van der Waals surface area contributed by atoms with Crippen LogP contribution in [0, 0.1) is 0 Å². The molecule has 134 valence electrons. The fourth-order valence-corrected chi connectivity index (χ4v) is 3.71. The van der Waals surface area contributed by atoms with Crippen LogP contribution in [0.4, 0.5) is 13.2 Å². The maximum atomic E-state index is 13.2. The molecule has 1 aromatic heterocycles. The monoisotopic (exact) mass is 395 g/mol. The van der Waals surface area contributed by atoms with E-state index in [0.29, 0.717) is 5.71 Å². The zero-order chi connectivity index (χ0) is 17.4. The van der Waals surface area contributed by atoms with E-state index in [-0.39, 0.29) is 22.8 Å². The van der Waals surface area contributed by atoms with E-state index >= 15 is 0 Å². The Morgan fingerprint density at radius 2 is 1.50 bits per heavy atom. The number of hydrogen-bond acceptors (Lipinski definition) is 4. The second-order valence-electron chi connectivity index (χ2n) is 5.38. The Morgan fingerprint density at radius 1 is 0.885 bits per heavy atom. The minimum atomic E-state index is -4.61. The van der Waals surface area contributed by atoms with Crippen LogP contribution < -0.4 is 12.4 Å². The molecule has 4 nitrogen and oxygen atoms in total. The zero-order valence-corrected chi connectivity index (χ0v) is 14.6. The number of fused-ring (bicyclic) bond motifs is 1. The highest BCUT2D eigenvalue weighted by Gasteiger charge is 2.41. The molecule has 1 aliphatic rings. The highest BCUT2D eigenvalue weighted by molar-refractivity contribution is 8.00. The summed E-state index contributed by atoms with van der Waals surface area (Å²) in [5, 5.41) is 11.1. The Balaban J connectivity index is 0.00000196. The van der Waals surface area contributed by atoms with Gasteiger partial charge in [0, 0.05) is 0 Å². The Labute approximate surface area is 157 Å². The zero-order valence-electron chi connectivity index (χ0n) is 13.1. The average Bonchev–Trinajstić information content (AvgIpc) is 3.05. The summed E-state index contributed by atoms with van der Waals surface area (Å²) in [6.45, 7) is 0. The third-order valence-electron chi connectivity index (χ3n) is 3.72. The van der Waals surface area contributed by atoms with E-state index in [0.717, 1.165) is 15.8 Å². The topological polar surface area (TPSA) is 43.1 Å². The Bertz CT molecular complexity index is 926. The van der Waals surface area contributed by atoms with Gasteiger partial charge in [0.15, 0.2) is 0 Å². The van der Waals surface area contributed by atoms with Gasteiger partial charge >= 0.3 is 6.18 Å². The van der Waals surface area contributed by atoms with Crippen LogP contribution in [-0.4, -0.2) is 20.6 Å². The van der Waals surface area contributed by atoms with Crippen LogP contribution in [-0.2, 0) is 6.18 Å². The molecule has 0 N–H and O–H groups in total. The molecule has 1 unspecified atom stereocenters. The van der Waals surface area contributed by atoms with Crippen molar-refractivity contribution in [2.75, 3.05) is 0 Å². The van der Waals surface area contributed by atoms with E-state index in [4.69, 9.17) is 0 Å². The first-order valence-electron chi connectivity index (χ1n) is 7.42. The molecule has 4 rings (SSSR count). The molecule has 0 amide bonds. The van der Waals surface area contributed by atoms with Crippen LogP contribution in [0.2, 0.25) is 0 Å². The first-order chi connectivity index (χ1) is 12.0. The molecule has 1 aliphatic heterocycles. The highest BCUT2D eigenvalue weighted by Crippen LogP contribution is 2.42. The van der Waals surface area contributed by atoms with Gasteiger partial charge in [0.25, 0.3) is 5.82 Å². The van der Waals surface area contributed by atoms with E-state index in [1.807, 2.05) is 60.7 Å². The molecule has 26 heavy (non-hydrogen) atoms. The van der Waals surface area contributed by atoms with Gasteiger partial charge in [-0.25, -0.2) is 0 Å². The van der Waals surface area contributed by atoms with Crippen molar-refractivity contribution < 1.29 is 25.6 Å². The van der Waals surface area contributed by atoms with E-state index in [1.165, 1.54) is 11.8 Å². The lowest BCUT2D eigenvalue weighted by Gasteiger charge is -2.23. The predicted octanol–water partition coefficient (Wildman–Crippen LogP) is 1.40. The molecular formula is C17H11ClF3N4S-. The van der Waals surface area contributed by atoms with Crippen molar-refractivity contribution in [2.24, 2.45) is 5.10 Å². The summed E-state index contributed by atoms with van der Waals surface area (Å²) in [4.78, 5) is 0. The predicted molar refractivity (Wildman–Crippen MR) is 88.4 cm³/mol. The quantitative estimate of drug-likeness (QED) is 0.659. The van der Waals surface area contributed by atoms with Gasteiger partial charge in [-0.15, -0.1) is 10.2 Å². The maximum Gasteiger partial charge on any atom is 0.453 e. The molecule has 1 atom stereocenters. The standard InChI is InChI=1S/C17H11F3N4S.ClH/c18-17(19,20)15-21-22-16-24(15)23-13(11-7-3-1-4-8-11)14(25-16)12-9-5-2-6-10-12;/h1-10,14H;1H/p-1. The number of alkyl halides is 3. The number of thioether (sulfide) groups is 1. The summed E-state index contributed by atoms with van der Waals surface area (Å²) in [5.74, 6) is -1.12. The number of halogens is 4. The van der Waals surface area contributed by atoms with Gasteiger partial charge < -0.3 is 12.4 Å². The fourth-order valence-electron chi connectivity index (χ4n) is 2.60. The van der Waals surface area contributed by atoms with Crippen LogP contribution in [0.1, 0.15) is 22.2 Å². The second-order valence-corrected chi connectivity index (χ2v) is 6.45. The van der Waals surface area contributed by atoms with Gasteiger partial charge in [0.1, 0.15) is 0 Å². The molecule has 9 heteroatoms. The van der Waals surface area contributed by atoms with Crippen molar-refractivity contribution in [1.29, 1.82) is 0 Å². The first-order valence-corrected chi connectivity index (χ1v) is 8.30. The minimum absolute atomic E-state index is 0. The van der Waals surface area contributed by atoms with Gasteiger partial charge in [-0.2, -0.15) is 22.9 Å². The van der Waals surface area contributed by atoms with Crippen molar-refractivity contribution in [1.82, 2.24) is 14.9 Å². The highest BCUT2D eigenvalue weighted by atomic mass is 35.5. The average molecular weight is 396 g/mol. The molecule has 0 saturated carbocycles. The normalized spacial score (nSPS) is 16.4. The van der Waals surface area contributed by atoms with Crippen molar-refractivity contribution in [3.63, 3.8) is 0 Å². The van der Waals surface area contributed by atoms with Crippen molar-refractivity contribution in [2.45, 2.75) is 16.6 Å². The van der Waals surface area contributed by atoms with Crippen molar-refractivity contribution >= 4 is 17.5 Å². The number of rotatable bonds is 2. The summed E-state index contributed by atoms with van der Waals surface area (Å²) in [7, 11) is 0. The van der Waals surface area contributed by atoms with Crippen LogP contribution in [0.3, 0.4) is 0 Å². The number of benzene rings is 2. The molecule has 2 heterocycles. The summed E-state index contributed by atoms with van der Waals surface area (Å²) >= 11 is 1.21. The van der Waals surface area contributed by atoms with Gasteiger partial charge in [-0.05, 0) is 11.1 Å². The van der Waals surface area contributed by atoms with Crippen molar-refractivity contribution in [3.8, 4) is 0 Å². The summed E-state index contributed by atoms with van der Waals surface area (Å²) in [5.41, 5.74) is 2.24. The van der Waals surface area contributed by atoms with Gasteiger partial charge in [-0.1, -0.05) is 72.4 Å². The lowest BCUT2D eigenvalue weighted by Crippen LogP contribution is -3.00. The lowest BCUT2D eigenvalue weighted by atomic mass is 10.0. The lowest BCUT2D eigenvalue weighted by molar-refractivity contribution is -0.147. The van der Waals surface area contributed by atoms with E-state index in [9.17, 15) is 13.2 Å². The third-order valence-corrected chi connectivity index (χ3v) is 4.91. The molecule has 0 saturated heterocycles. The summed E-state index contributed by atoms with van der Waals surface area (Å²) in [6.07, 6.45) is -4.61. The third kappa shape index (κ3) is 3.34. The molecule has 0 spiro atoms. The number of nitrogens with zero attached hydrogens (tertiary/aromatic N) is 4.